The Morgan fingerprint density at radius 3 is 2.80 bits per heavy atom. The normalized spacial score (nSPS) is 12.7. The van der Waals surface area contributed by atoms with Gasteiger partial charge in [-0.2, -0.15) is 0 Å². The second kappa shape index (κ2) is 4.08. The summed E-state index contributed by atoms with van der Waals surface area (Å²) in [4.78, 5) is 4.00. The lowest BCUT2D eigenvalue weighted by Crippen LogP contribution is -2.00. The van der Waals surface area contributed by atoms with Crippen LogP contribution in [0.4, 0.5) is 4.39 Å². The highest BCUT2D eigenvalue weighted by Gasteiger charge is 2.13. The molecular weight excluding hydrogens is 213 g/mol. The van der Waals surface area contributed by atoms with Crippen LogP contribution in [0, 0.1) is 12.7 Å². The highest BCUT2D eigenvalue weighted by molar-refractivity contribution is 7.09. The Hall–Kier alpha value is -1.26. The molecule has 0 fully saturated rings. The topological polar surface area (TPSA) is 33.1 Å². The van der Waals surface area contributed by atoms with Crippen LogP contribution in [0.3, 0.4) is 0 Å². The maximum absolute atomic E-state index is 13.1. The molecular formula is C11H10FNOS. The molecule has 1 unspecified atom stereocenters. The van der Waals surface area contributed by atoms with E-state index in [-0.39, 0.29) is 5.82 Å². The molecule has 1 N–H and O–H groups in total. The van der Waals surface area contributed by atoms with Gasteiger partial charge in [0, 0.05) is 11.6 Å². The van der Waals surface area contributed by atoms with E-state index in [1.54, 1.807) is 24.6 Å². The Labute approximate surface area is 91.0 Å². The van der Waals surface area contributed by atoms with E-state index in [2.05, 4.69) is 4.98 Å². The van der Waals surface area contributed by atoms with Crippen LogP contribution in [-0.2, 0) is 0 Å². The first kappa shape index (κ1) is 10.3. The highest BCUT2D eigenvalue weighted by Crippen LogP contribution is 2.24. The fraction of sp³-hybridized carbons (Fsp3) is 0.182. The standard InChI is InChI=1S/C11H10FNOS/c1-7-4-8(6-9(12)5-7)10(14)11-13-2-3-15-11/h2-6,10,14H,1H3. The first-order chi connectivity index (χ1) is 7.16. The van der Waals surface area contributed by atoms with Crippen molar-refractivity contribution in [3.05, 3.63) is 51.7 Å². The van der Waals surface area contributed by atoms with Gasteiger partial charge in [0.25, 0.3) is 0 Å². The molecule has 0 aliphatic rings. The Balaban J connectivity index is 2.37. The van der Waals surface area contributed by atoms with Crippen LogP contribution in [0.25, 0.3) is 0 Å². The largest absolute Gasteiger partial charge is 0.381 e. The van der Waals surface area contributed by atoms with Crippen LogP contribution in [0.2, 0.25) is 0 Å². The third-order valence-corrected chi connectivity index (χ3v) is 2.89. The number of hydrogen-bond donors (Lipinski definition) is 1. The third kappa shape index (κ3) is 2.22. The van der Waals surface area contributed by atoms with Gasteiger partial charge in [0.15, 0.2) is 0 Å². The minimum Gasteiger partial charge on any atom is -0.381 e. The van der Waals surface area contributed by atoms with Crippen molar-refractivity contribution in [1.82, 2.24) is 4.98 Å². The zero-order chi connectivity index (χ0) is 10.8. The SMILES string of the molecule is Cc1cc(F)cc(C(O)c2nccs2)c1. The smallest absolute Gasteiger partial charge is 0.131 e. The summed E-state index contributed by atoms with van der Waals surface area (Å²) in [6.45, 7) is 1.79. The lowest BCUT2D eigenvalue weighted by Gasteiger charge is -2.08. The third-order valence-electron chi connectivity index (χ3n) is 2.07. The quantitative estimate of drug-likeness (QED) is 0.849. The van der Waals surface area contributed by atoms with Crippen molar-refractivity contribution >= 4 is 11.3 Å². The van der Waals surface area contributed by atoms with Crippen LogP contribution in [0.15, 0.2) is 29.8 Å². The molecule has 2 rings (SSSR count). The van der Waals surface area contributed by atoms with Crippen LogP contribution >= 0.6 is 11.3 Å². The zero-order valence-electron chi connectivity index (χ0n) is 8.14. The number of aliphatic hydroxyl groups excluding tert-OH is 1. The van der Waals surface area contributed by atoms with E-state index in [4.69, 9.17) is 0 Å². The Kier molecular flexibility index (Phi) is 2.79. The van der Waals surface area contributed by atoms with Crippen LogP contribution in [0.1, 0.15) is 22.2 Å². The van der Waals surface area contributed by atoms with Crippen LogP contribution in [0.5, 0.6) is 0 Å². The highest BCUT2D eigenvalue weighted by atomic mass is 32.1. The average Bonchev–Trinajstić information content (AvgIpc) is 2.67. The summed E-state index contributed by atoms with van der Waals surface area (Å²) in [6, 6.07) is 4.52. The molecule has 2 aromatic rings. The van der Waals surface area contributed by atoms with E-state index in [0.29, 0.717) is 10.6 Å². The number of aryl methyl sites for hydroxylation is 1. The number of rotatable bonds is 2. The summed E-state index contributed by atoms with van der Waals surface area (Å²) >= 11 is 1.35. The van der Waals surface area contributed by atoms with Gasteiger partial charge in [-0.15, -0.1) is 11.3 Å². The summed E-state index contributed by atoms with van der Waals surface area (Å²) in [6.07, 6.45) is 0.787. The van der Waals surface area contributed by atoms with Crippen LogP contribution in [-0.4, -0.2) is 10.1 Å². The number of thiazole rings is 1. The molecule has 0 saturated carbocycles. The second-order valence-corrected chi connectivity index (χ2v) is 4.26. The van der Waals surface area contributed by atoms with E-state index in [9.17, 15) is 9.50 Å². The van der Waals surface area contributed by atoms with Gasteiger partial charge in [-0.25, -0.2) is 9.37 Å². The minimum atomic E-state index is -0.834. The molecule has 1 heterocycles. The van der Waals surface area contributed by atoms with E-state index >= 15 is 0 Å². The molecule has 0 amide bonds. The van der Waals surface area contributed by atoms with E-state index in [1.807, 2.05) is 0 Å². The number of aliphatic hydroxyl groups is 1. The van der Waals surface area contributed by atoms with Gasteiger partial charge >= 0.3 is 0 Å². The summed E-state index contributed by atoms with van der Waals surface area (Å²) in [5.41, 5.74) is 1.34. The number of aromatic nitrogens is 1. The maximum atomic E-state index is 13.1. The molecule has 78 valence electrons. The first-order valence-corrected chi connectivity index (χ1v) is 5.39. The van der Waals surface area contributed by atoms with Crippen molar-refractivity contribution in [2.24, 2.45) is 0 Å². The summed E-state index contributed by atoms with van der Waals surface area (Å²) < 4.78 is 13.1. The van der Waals surface area contributed by atoms with Crippen molar-refractivity contribution in [3.63, 3.8) is 0 Å². The lowest BCUT2D eigenvalue weighted by atomic mass is 10.1. The molecule has 0 spiro atoms. The molecule has 1 aromatic carbocycles. The van der Waals surface area contributed by atoms with E-state index in [1.165, 1.54) is 23.5 Å². The summed E-state index contributed by atoms with van der Waals surface area (Å²) in [7, 11) is 0. The second-order valence-electron chi connectivity index (χ2n) is 3.33. The first-order valence-electron chi connectivity index (χ1n) is 4.51. The molecule has 2 nitrogen and oxygen atoms in total. The average molecular weight is 223 g/mol. The molecule has 1 aromatic heterocycles. The number of benzene rings is 1. The van der Waals surface area contributed by atoms with Gasteiger partial charge in [-0.05, 0) is 30.2 Å². The Morgan fingerprint density at radius 2 is 2.20 bits per heavy atom. The molecule has 15 heavy (non-hydrogen) atoms. The summed E-state index contributed by atoms with van der Waals surface area (Å²) in [5, 5.41) is 12.3. The number of halogens is 1. The van der Waals surface area contributed by atoms with Crippen molar-refractivity contribution in [1.29, 1.82) is 0 Å². The minimum absolute atomic E-state index is 0.333. The molecule has 1 atom stereocenters. The van der Waals surface area contributed by atoms with Gasteiger partial charge in [0.2, 0.25) is 0 Å². The zero-order valence-corrected chi connectivity index (χ0v) is 8.96. The van der Waals surface area contributed by atoms with Gasteiger partial charge in [-0.3, -0.25) is 0 Å². The number of nitrogens with zero attached hydrogens (tertiary/aromatic N) is 1. The van der Waals surface area contributed by atoms with E-state index < -0.39 is 6.10 Å². The predicted molar refractivity (Wildman–Crippen MR) is 57.3 cm³/mol. The van der Waals surface area contributed by atoms with Gasteiger partial charge in [-0.1, -0.05) is 6.07 Å². The van der Waals surface area contributed by atoms with Crippen molar-refractivity contribution in [3.8, 4) is 0 Å². The maximum Gasteiger partial charge on any atom is 0.131 e. The number of hydrogen-bond acceptors (Lipinski definition) is 3. The predicted octanol–water partition coefficient (Wildman–Crippen LogP) is 2.67. The van der Waals surface area contributed by atoms with E-state index in [0.717, 1.165) is 5.56 Å². The molecule has 0 aliphatic carbocycles. The monoisotopic (exact) mass is 223 g/mol. The fourth-order valence-corrected chi connectivity index (χ4v) is 2.08. The van der Waals surface area contributed by atoms with Gasteiger partial charge in [0.05, 0.1) is 0 Å². The molecule has 0 bridgehead atoms. The van der Waals surface area contributed by atoms with Crippen molar-refractivity contribution in [2.45, 2.75) is 13.0 Å². The molecule has 0 saturated heterocycles. The summed E-state index contributed by atoms with van der Waals surface area (Å²) in [5.74, 6) is -0.333. The van der Waals surface area contributed by atoms with Gasteiger partial charge < -0.3 is 5.11 Å². The van der Waals surface area contributed by atoms with Gasteiger partial charge in [0.1, 0.15) is 16.9 Å². The van der Waals surface area contributed by atoms with Crippen molar-refractivity contribution < 1.29 is 9.50 Å². The molecule has 0 aliphatic heterocycles. The molecule has 4 heteroatoms. The van der Waals surface area contributed by atoms with Crippen LogP contribution < -0.4 is 0 Å². The molecule has 0 radical (unpaired) electrons. The Bertz CT molecular complexity index is 435. The fourth-order valence-electron chi connectivity index (χ4n) is 1.43. The lowest BCUT2D eigenvalue weighted by molar-refractivity contribution is 0.219. The Morgan fingerprint density at radius 1 is 1.40 bits per heavy atom. The van der Waals surface area contributed by atoms with Crippen molar-refractivity contribution in [2.75, 3.05) is 0 Å².